The van der Waals surface area contributed by atoms with Gasteiger partial charge in [0.25, 0.3) is 0 Å². The van der Waals surface area contributed by atoms with Crippen molar-refractivity contribution in [3.63, 3.8) is 0 Å². The highest BCUT2D eigenvalue weighted by atomic mass is 19.1. The SMILES string of the molecule is CCNC(=NCc1cccc(CN(C)C)c1)NCCc1cccc(F)c1. The number of nitrogens with one attached hydrogen (secondary N) is 2. The molecule has 0 saturated carbocycles. The number of guanidine groups is 1. The van der Waals surface area contributed by atoms with Crippen LogP contribution in [-0.4, -0.2) is 38.0 Å². The lowest BCUT2D eigenvalue weighted by Crippen LogP contribution is -2.38. The van der Waals surface area contributed by atoms with Crippen molar-refractivity contribution in [2.75, 3.05) is 27.2 Å². The Labute approximate surface area is 156 Å². The fourth-order valence-electron chi connectivity index (χ4n) is 2.72. The highest BCUT2D eigenvalue weighted by Crippen LogP contribution is 2.08. The molecule has 0 amide bonds. The van der Waals surface area contributed by atoms with Gasteiger partial charge >= 0.3 is 0 Å². The van der Waals surface area contributed by atoms with Gasteiger partial charge in [-0.25, -0.2) is 9.38 Å². The molecule has 0 atom stereocenters. The van der Waals surface area contributed by atoms with Crippen molar-refractivity contribution < 1.29 is 4.39 Å². The van der Waals surface area contributed by atoms with Crippen LogP contribution in [0.2, 0.25) is 0 Å². The molecule has 0 aliphatic heterocycles. The maximum Gasteiger partial charge on any atom is 0.191 e. The Balaban J connectivity index is 1.91. The van der Waals surface area contributed by atoms with Crippen LogP contribution in [0.3, 0.4) is 0 Å². The molecule has 2 N–H and O–H groups in total. The summed E-state index contributed by atoms with van der Waals surface area (Å²) in [5.41, 5.74) is 3.45. The Morgan fingerprint density at radius 3 is 2.46 bits per heavy atom. The van der Waals surface area contributed by atoms with Gasteiger partial charge in [0.1, 0.15) is 5.82 Å². The molecule has 4 nitrogen and oxygen atoms in total. The molecule has 0 heterocycles. The fraction of sp³-hybridized carbons (Fsp3) is 0.381. The lowest BCUT2D eigenvalue weighted by atomic mass is 10.1. The van der Waals surface area contributed by atoms with Gasteiger partial charge in [-0.2, -0.15) is 0 Å². The van der Waals surface area contributed by atoms with Gasteiger partial charge in [-0.15, -0.1) is 0 Å². The molecule has 26 heavy (non-hydrogen) atoms. The molecular weight excluding hydrogens is 327 g/mol. The summed E-state index contributed by atoms with van der Waals surface area (Å²) in [7, 11) is 4.13. The summed E-state index contributed by atoms with van der Waals surface area (Å²) in [6.45, 7) is 5.09. The van der Waals surface area contributed by atoms with Crippen LogP contribution >= 0.6 is 0 Å². The molecule has 0 bridgehead atoms. The highest BCUT2D eigenvalue weighted by molar-refractivity contribution is 5.79. The van der Waals surface area contributed by atoms with Crippen molar-refractivity contribution in [1.82, 2.24) is 15.5 Å². The molecule has 0 spiro atoms. The van der Waals surface area contributed by atoms with Gasteiger partial charge in [0.05, 0.1) is 6.54 Å². The highest BCUT2D eigenvalue weighted by Gasteiger charge is 2.01. The first-order chi connectivity index (χ1) is 12.6. The van der Waals surface area contributed by atoms with Gasteiger partial charge in [0.15, 0.2) is 5.96 Å². The maximum atomic E-state index is 13.2. The average molecular weight is 356 g/mol. The van der Waals surface area contributed by atoms with Crippen molar-refractivity contribution in [2.45, 2.75) is 26.4 Å². The number of nitrogens with zero attached hydrogens (tertiary/aromatic N) is 2. The van der Waals surface area contributed by atoms with E-state index in [2.05, 4.69) is 58.9 Å². The Kier molecular flexibility index (Phi) is 8.09. The second-order valence-corrected chi connectivity index (χ2v) is 6.56. The molecule has 0 fully saturated rings. The van der Waals surface area contributed by atoms with Crippen molar-refractivity contribution in [3.05, 3.63) is 71.0 Å². The average Bonchev–Trinajstić information content (AvgIpc) is 2.59. The molecule has 5 heteroatoms. The van der Waals surface area contributed by atoms with Gasteiger partial charge < -0.3 is 15.5 Å². The molecule has 0 saturated heterocycles. The van der Waals surface area contributed by atoms with E-state index in [1.54, 1.807) is 12.1 Å². The number of aliphatic imine (C=N–C) groups is 1. The minimum absolute atomic E-state index is 0.194. The molecule has 2 aromatic rings. The monoisotopic (exact) mass is 356 g/mol. The molecule has 0 unspecified atom stereocenters. The predicted octanol–water partition coefficient (Wildman–Crippen LogP) is 3.19. The topological polar surface area (TPSA) is 39.7 Å². The zero-order valence-corrected chi connectivity index (χ0v) is 15.9. The number of hydrogen-bond donors (Lipinski definition) is 2. The molecule has 0 aromatic heterocycles. The van der Waals surface area contributed by atoms with Crippen LogP contribution in [0, 0.1) is 5.82 Å². The Morgan fingerprint density at radius 1 is 1.00 bits per heavy atom. The second-order valence-electron chi connectivity index (χ2n) is 6.56. The number of halogens is 1. The smallest absolute Gasteiger partial charge is 0.191 e. The lowest BCUT2D eigenvalue weighted by molar-refractivity contribution is 0.402. The first-order valence-electron chi connectivity index (χ1n) is 9.06. The normalized spacial score (nSPS) is 11.7. The van der Waals surface area contributed by atoms with E-state index in [1.807, 2.05) is 13.0 Å². The van der Waals surface area contributed by atoms with Gasteiger partial charge in [0.2, 0.25) is 0 Å². The standard InChI is InChI=1S/C21H29FN4/c1-4-23-21(24-12-11-17-7-6-10-20(22)14-17)25-15-18-8-5-9-19(13-18)16-26(2)3/h5-10,13-14H,4,11-12,15-16H2,1-3H3,(H2,23,24,25). The van der Waals surface area contributed by atoms with E-state index in [0.717, 1.165) is 31.0 Å². The lowest BCUT2D eigenvalue weighted by Gasteiger charge is -2.12. The molecule has 140 valence electrons. The van der Waals surface area contributed by atoms with Crippen LogP contribution < -0.4 is 10.6 Å². The van der Waals surface area contributed by atoms with Crippen LogP contribution in [0.15, 0.2) is 53.5 Å². The summed E-state index contributed by atoms with van der Waals surface area (Å²) in [6.07, 6.45) is 0.750. The first-order valence-corrected chi connectivity index (χ1v) is 9.06. The fourth-order valence-corrected chi connectivity index (χ4v) is 2.72. The maximum absolute atomic E-state index is 13.2. The van der Waals surface area contributed by atoms with Crippen molar-refractivity contribution in [1.29, 1.82) is 0 Å². The van der Waals surface area contributed by atoms with Crippen molar-refractivity contribution in [3.8, 4) is 0 Å². The van der Waals surface area contributed by atoms with Gasteiger partial charge in [-0.05, 0) is 56.3 Å². The van der Waals surface area contributed by atoms with E-state index >= 15 is 0 Å². The zero-order chi connectivity index (χ0) is 18.8. The van der Waals surface area contributed by atoms with Crippen LogP contribution in [0.1, 0.15) is 23.6 Å². The number of benzene rings is 2. The molecule has 0 radical (unpaired) electrons. The van der Waals surface area contributed by atoms with Gasteiger partial charge in [-0.1, -0.05) is 36.4 Å². The summed E-state index contributed by atoms with van der Waals surface area (Å²) >= 11 is 0. The van der Waals surface area contributed by atoms with Crippen LogP contribution in [0.25, 0.3) is 0 Å². The Bertz CT molecular complexity index is 713. The zero-order valence-electron chi connectivity index (χ0n) is 15.9. The Hall–Kier alpha value is -2.40. The predicted molar refractivity (Wildman–Crippen MR) is 107 cm³/mol. The van der Waals surface area contributed by atoms with Gasteiger partial charge in [0, 0.05) is 19.6 Å². The largest absolute Gasteiger partial charge is 0.357 e. The summed E-state index contributed by atoms with van der Waals surface area (Å²) in [5, 5.41) is 6.57. The molecular formula is C21H29FN4. The van der Waals surface area contributed by atoms with E-state index in [1.165, 1.54) is 17.2 Å². The summed E-state index contributed by atoms with van der Waals surface area (Å²) in [5.74, 6) is 0.586. The van der Waals surface area contributed by atoms with E-state index in [4.69, 9.17) is 0 Å². The molecule has 2 aromatic carbocycles. The molecule has 0 aliphatic carbocycles. The third kappa shape index (κ3) is 7.23. The quantitative estimate of drug-likeness (QED) is 0.564. The molecule has 2 rings (SSSR count). The van der Waals surface area contributed by atoms with E-state index < -0.39 is 0 Å². The summed E-state index contributed by atoms with van der Waals surface area (Å²) < 4.78 is 13.2. The van der Waals surface area contributed by atoms with Crippen LogP contribution in [0.5, 0.6) is 0 Å². The van der Waals surface area contributed by atoms with Crippen LogP contribution in [0.4, 0.5) is 4.39 Å². The Morgan fingerprint density at radius 2 is 1.73 bits per heavy atom. The van der Waals surface area contributed by atoms with Crippen molar-refractivity contribution in [2.24, 2.45) is 4.99 Å². The van der Waals surface area contributed by atoms with Crippen LogP contribution in [-0.2, 0) is 19.5 Å². The summed E-state index contributed by atoms with van der Waals surface area (Å²) in [6, 6.07) is 15.2. The molecule has 0 aliphatic rings. The minimum atomic E-state index is -0.194. The van der Waals surface area contributed by atoms with Crippen molar-refractivity contribution >= 4 is 5.96 Å². The van der Waals surface area contributed by atoms with Gasteiger partial charge in [-0.3, -0.25) is 0 Å². The van der Waals surface area contributed by atoms with E-state index in [0.29, 0.717) is 13.1 Å². The van der Waals surface area contributed by atoms with E-state index in [9.17, 15) is 4.39 Å². The third-order valence-electron chi connectivity index (χ3n) is 3.85. The summed E-state index contributed by atoms with van der Waals surface area (Å²) in [4.78, 5) is 6.81. The second kappa shape index (κ2) is 10.6. The number of rotatable bonds is 8. The van der Waals surface area contributed by atoms with E-state index in [-0.39, 0.29) is 5.82 Å². The third-order valence-corrected chi connectivity index (χ3v) is 3.85. The number of hydrogen-bond acceptors (Lipinski definition) is 2. The first kappa shape index (κ1) is 19.9. The minimum Gasteiger partial charge on any atom is -0.357 e.